The van der Waals surface area contributed by atoms with Gasteiger partial charge in [0.25, 0.3) is 5.56 Å². The van der Waals surface area contributed by atoms with E-state index in [0.29, 0.717) is 11.4 Å². The molecule has 4 heterocycles. The van der Waals surface area contributed by atoms with Gasteiger partial charge in [-0.25, -0.2) is 13.9 Å². The number of carbonyl (C=O) groups is 1. The molecule has 0 aliphatic carbocycles. The number of halogens is 3. The van der Waals surface area contributed by atoms with E-state index in [-0.39, 0.29) is 66.0 Å². The molecule has 2 aliphatic heterocycles. The molecule has 0 spiro atoms. The number of aliphatic hydroxyl groups is 1. The minimum Gasteiger partial charge on any atom is -0.384 e. The SMILES string of the molecule is C[C@@H]1CN(C(=O)[C@@H]2CN(c3ccc(=O)[nH]n3)C[C@H]2c2ncc(Cl)cc2F)C[C@H](C)C1(O)c1ccc(F)cc1. The van der Waals surface area contributed by atoms with Crippen molar-refractivity contribution < 1.29 is 18.7 Å². The zero-order valence-electron chi connectivity index (χ0n) is 20.9. The lowest BCUT2D eigenvalue weighted by Gasteiger charge is -2.48. The molecular formula is C27H28ClF2N5O3. The number of hydrogen-bond donors (Lipinski definition) is 2. The van der Waals surface area contributed by atoms with Crippen molar-refractivity contribution in [1.82, 2.24) is 20.1 Å². The second kappa shape index (κ2) is 10.1. The highest BCUT2D eigenvalue weighted by Crippen LogP contribution is 2.43. The molecular weight excluding hydrogens is 516 g/mol. The average molecular weight is 544 g/mol. The van der Waals surface area contributed by atoms with Crippen molar-refractivity contribution in [2.24, 2.45) is 17.8 Å². The van der Waals surface area contributed by atoms with Crippen LogP contribution < -0.4 is 10.5 Å². The monoisotopic (exact) mass is 543 g/mol. The number of nitrogens with one attached hydrogen (secondary N) is 1. The van der Waals surface area contributed by atoms with Crippen LogP contribution in [-0.4, -0.2) is 57.3 Å². The molecule has 0 saturated carbocycles. The third-order valence-corrected chi connectivity index (χ3v) is 8.13. The highest BCUT2D eigenvalue weighted by atomic mass is 35.5. The van der Waals surface area contributed by atoms with Crippen molar-refractivity contribution in [2.45, 2.75) is 25.4 Å². The van der Waals surface area contributed by atoms with Crippen molar-refractivity contribution in [3.63, 3.8) is 0 Å². The molecule has 5 atom stereocenters. The van der Waals surface area contributed by atoms with Gasteiger partial charge in [0.15, 0.2) is 0 Å². The predicted octanol–water partition coefficient (Wildman–Crippen LogP) is 3.32. The summed E-state index contributed by atoms with van der Waals surface area (Å²) in [4.78, 5) is 33.3. The van der Waals surface area contributed by atoms with Gasteiger partial charge in [-0.05, 0) is 29.8 Å². The Morgan fingerprint density at radius 1 is 1.08 bits per heavy atom. The Morgan fingerprint density at radius 3 is 2.37 bits per heavy atom. The minimum atomic E-state index is -1.24. The van der Waals surface area contributed by atoms with Gasteiger partial charge in [-0.15, -0.1) is 0 Å². The summed E-state index contributed by atoms with van der Waals surface area (Å²) in [5.74, 6) is -2.63. The summed E-state index contributed by atoms with van der Waals surface area (Å²) >= 11 is 5.93. The van der Waals surface area contributed by atoms with E-state index >= 15 is 0 Å². The number of carbonyl (C=O) groups excluding carboxylic acids is 1. The van der Waals surface area contributed by atoms with E-state index in [1.165, 1.54) is 30.5 Å². The summed E-state index contributed by atoms with van der Waals surface area (Å²) in [6.45, 7) is 4.78. The largest absolute Gasteiger partial charge is 0.384 e. The first-order valence-electron chi connectivity index (χ1n) is 12.5. The molecule has 8 nitrogen and oxygen atoms in total. The summed E-state index contributed by atoms with van der Waals surface area (Å²) in [6.07, 6.45) is 1.36. The first-order chi connectivity index (χ1) is 18.1. The van der Waals surface area contributed by atoms with E-state index < -0.39 is 23.3 Å². The van der Waals surface area contributed by atoms with Crippen molar-refractivity contribution in [2.75, 3.05) is 31.1 Å². The van der Waals surface area contributed by atoms with Crippen LogP contribution in [0.1, 0.15) is 31.0 Å². The molecule has 11 heteroatoms. The molecule has 2 saturated heterocycles. The van der Waals surface area contributed by atoms with E-state index in [0.717, 1.165) is 0 Å². The van der Waals surface area contributed by atoms with Crippen LogP contribution >= 0.6 is 11.6 Å². The number of aromatic amines is 1. The molecule has 1 aromatic carbocycles. The molecule has 2 aliphatic rings. The van der Waals surface area contributed by atoms with Gasteiger partial charge in [0, 0.05) is 56.2 Å². The quantitative estimate of drug-likeness (QED) is 0.523. The van der Waals surface area contributed by atoms with Crippen molar-refractivity contribution >= 4 is 23.3 Å². The zero-order chi connectivity index (χ0) is 27.2. The number of aromatic nitrogens is 3. The molecule has 1 amide bonds. The topological polar surface area (TPSA) is 102 Å². The number of anilines is 1. The second-order valence-electron chi connectivity index (χ2n) is 10.3. The molecule has 38 heavy (non-hydrogen) atoms. The number of benzene rings is 1. The van der Waals surface area contributed by atoms with Gasteiger partial charge in [-0.1, -0.05) is 37.6 Å². The molecule has 200 valence electrons. The average Bonchev–Trinajstić information content (AvgIpc) is 3.32. The molecule has 2 aromatic heterocycles. The van der Waals surface area contributed by atoms with Crippen LogP contribution in [0.5, 0.6) is 0 Å². The maximum atomic E-state index is 15.0. The van der Waals surface area contributed by atoms with E-state index in [2.05, 4.69) is 15.2 Å². The molecule has 2 fully saturated rings. The highest BCUT2D eigenvalue weighted by Gasteiger charge is 2.49. The number of piperidine rings is 1. The number of rotatable bonds is 4. The lowest BCUT2D eigenvalue weighted by molar-refractivity contribution is -0.152. The van der Waals surface area contributed by atoms with E-state index in [9.17, 15) is 23.5 Å². The molecule has 3 aromatic rings. The predicted molar refractivity (Wildman–Crippen MR) is 138 cm³/mol. The normalized spacial score (nSPS) is 27.5. The Balaban J connectivity index is 1.43. The summed E-state index contributed by atoms with van der Waals surface area (Å²) in [6, 6.07) is 9.88. The molecule has 2 N–H and O–H groups in total. The van der Waals surface area contributed by atoms with Crippen molar-refractivity contribution in [3.8, 4) is 0 Å². The maximum absolute atomic E-state index is 15.0. The fourth-order valence-corrected chi connectivity index (χ4v) is 6.07. The van der Waals surface area contributed by atoms with Gasteiger partial charge in [0.2, 0.25) is 5.91 Å². The van der Waals surface area contributed by atoms with Crippen LogP contribution in [0.25, 0.3) is 0 Å². The number of nitrogens with zero attached hydrogens (tertiary/aromatic N) is 4. The van der Waals surface area contributed by atoms with Crippen LogP contribution in [0.15, 0.2) is 53.5 Å². The summed E-state index contributed by atoms with van der Waals surface area (Å²) in [7, 11) is 0. The van der Waals surface area contributed by atoms with Crippen LogP contribution in [0.3, 0.4) is 0 Å². The Kier molecular flexibility index (Phi) is 6.96. The first-order valence-corrected chi connectivity index (χ1v) is 12.8. The van der Waals surface area contributed by atoms with E-state index in [1.807, 2.05) is 18.7 Å². The lowest BCUT2D eigenvalue weighted by atomic mass is 9.70. The van der Waals surface area contributed by atoms with Gasteiger partial charge in [-0.3, -0.25) is 14.6 Å². The molecule has 0 radical (unpaired) electrons. The zero-order valence-corrected chi connectivity index (χ0v) is 21.7. The Morgan fingerprint density at radius 2 is 1.76 bits per heavy atom. The van der Waals surface area contributed by atoms with Crippen molar-refractivity contribution in [3.05, 3.63) is 86.9 Å². The van der Waals surface area contributed by atoms with Gasteiger partial charge in [0.1, 0.15) is 17.5 Å². The number of amides is 1. The number of H-pyrrole nitrogens is 1. The van der Waals surface area contributed by atoms with Crippen LogP contribution in [0, 0.1) is 29.4 Å². The molecule has 1 unspecified atom stereocenters. The third-order valence-electron chi connectivity index (χ3n) is 7.92. The van der Waals surface area contributed by atoms with Gasteiger partial charge >= 0.3 is 0 Å². The van der Waals surface area contributed by atoms with Crippen LogP contribution in [0.4, 0.5) is 14.6 Å². The lowest BCUT2D eigenvalue weighted by Crippen LogP contribution is -2.57. The Hall–Kier alpha value is -3.37. The number of pyridine rings is 1. The van der Waals surface area contributed by atoms with Gasteiger partial charge in [0.05, 0.1) is 22.2 Å². The Bertz CT molecular complexity index is 1370. The summed E-state index contributed by atoms with van der Waals surface area (Å²) in [5, 5.41) is 18.3. The fraction of sp³-hybridized carbons (Fsp3) is 0.407. The van der Waals surface area contributed by atoms with Crippen LogP contribution in [-0.2, 0) is 10.4 Å². The van der Waals surface area contributed by atoms with E-state index in [1.54, 1.807) is 23.1 Å². The third kappa shape index (κ3) is 4.67. The standard InChI is InChI=1S/C27H28ClF2N5O3/c1-15-11-35(12-16(2)27(15,38)17-3-5-19(29)6-4-17)26(37)21-14-34(23-7-8-24(36)33-32-23)13-20(21)25-22(30)9-18(28)10-31-25/h3-10,15-16,20-21,38H,11-14H2,1-2H3,(H,33,36)/t15-,16+,20-,21-,27?/m1/s1. The fourth-order valence-electron chi connectivity index (χ4n) is 5.93. The maximum Gasteiger partial charge on any atom is 0.264 e. The van der Waals surface area contributed by atoms with E-state index in [4.69, 9.17) is 11.6 Å². The Labute approximate surface area is 223 Å². The number of likely N-dealkylation sites (tertiary alicyclic amines) is 1. The highest BCUT2D eigenvalue weighted by molar-refractivity contribution is 6.30. The smallest absolute Gasteiger partial charge is 0.264 e. The minimum absolute atomic E-state index is 0.139. The summed E-state index contributed by atoms with van der Waals surface area (Å²) < 4.78 is 28.5. The molecule has 0 bridgehead atoms. The van der Waals surface area contributed by atoms with Crippen LogP contribution in [0.2, 0.25) is 5.02 Å². The number of hydrogen-bond acceptors (Lipinski definition) is 6. The molecule has 5 rings (SSSR count). The second-order valence-corrected chi connectivity index (χ2v) is 10.7. The summed E-state index contributed by atoms with van der Waals surface area (Å²) in [5.41, 5.74) is -0.851. The van der Waals surface area contributed by atoms with Gasteiger partial charge in [-0.2, -0.15) is 5.10 Å². The van der Waals surface area contributed by atoms with Gasteiger partial charge < -0.3 is 14.9 Å². The van der Waals surface area contributed by atoms with Crippen molar-refractivity contribution in [1.29, 1.82) is 0 Å². The first kappa shape index (κ1) is 26.2.